The molecule has 0 radical (unpaired) electrons. The molecular formula is C14H16Cl2O2. The third kappa shape index (κ3) is 3.18. The van der Waals surface area contributed by atoms with Crippen LogP contribution in [0.2, 0.25) is 10.0 Å². The van der Waals surface area contributed by atoms with Crippen molar-refractivity contribution in [2.75, 3.05) is 0 Å². The van der Waals surface area contributed by atoms with Gasteiger partial charge in [0.25, 0.3) is 0 Å². The molecule has 1 saturated carbocycles. The van der Waals surface area contributed by atoms with E-state index in [4.69, 9.17) is 28.3 Å². The van der Waals surface area contributed by atoms with E-state index in [9.17, 15) is 4.79 Å². The molecule has 0 saturated heterocycles. The van der Waals surface area contributed by atoms with Gasteiger partial charge < -0.3 is 5.11 Å². The molecule has 1 aliphatic rings. The smallest absolute Gasteiger partial charge is 0.303 e. The molecule has 1 aromatic carbocycles. The first-order valence-corrected chi connectivity index (χ1v) is 7.00. The van der Waals surface area contributed by atoms with Crippen molar-refractivity contribution in [2.45, 2.75) is 38.0 Å². The van der Waals surface area contributed by atoms with Crippen LogP contribution in [0.3, 0.4) is 0 Å². The lowest BCUT2D eigenvalue weighted by atomic mass is 9.74. The Labute approximate surface area is 117 Å². The third-order valence-electron chi connectivity index (χ3n) is 3.70. The van der Waals surface area contributed by atoms with E-state index < -0.39 is 5.97 Å². The molecular weight excluding hydrogens is 271 g/mol. The summed E-state index contributed by atoms with van der Waals surface area (Å²) in [6, 6.07) is 5.45. The fraction of sp³-hybridized carbons (Fsp3) is 0.500. The highest BCUT2D eigenvalue weighted by Crippen LogP contribution is 2.42. The largest absolute Gasteiger partial charge is 0.481 e. The molecule has 0 bridgehead atoms. The second kappa shape index (κ2) is 5.94. The maximum Gasteiger partial charge on any atom is 0.303 e. The zero-order valence-corrected chi connectivity index (χ0v) is 11.5. The van der Waals surface area contributed by atoms with Gasteiger partial charge in [-0.1, -0.05) is 36.0 Å². The Bertz CT molecular complexity index is 445. The molecule has 4 heteroatoms. The Hall–Kier alpha value is -0.730. The van der Waals surface area contributed by atoms with Crippen LogP contribution in [0, 0.1) is 5.92 Å². The number of rotatable bonds is 3. The average Bonchev–Trinajstić information content (AvgIpc) is 2.32. The minimum absolute atomic E-state index is 0.173. The number of aliphatic carboxylic acids is 1. The highest BCUT2D eigenvalue weighted by Gasteiger charge is 2.29. The van der Waals surface area contributed by atoms with E-state index in [0.29, 0.717) is 10.0 Å². The molecule has 98 valence electrons. The van der Waals surface area contributed by atoms with E-state index in [1.807, 2.05) is 6.07 Å². The predicted molar refractivity (Wildman–Crippen MR) is 73.4 cm³/mol. The lowest BCUT2D eigenvalue weighted by Crippen LogP contribution is -2.21. The highest BCUT2D eigenvalue weighted by molar-refractivity contribution is 6.33. The summed E-state index contributed by atoms with van der Waals surface area (Å²) in [5, 5.41) is 10.4. The topological polar surface area (TPSA) is 37.3 Å². The number of hydrogen-bond acceptors (Lipinski definition) is 1. The van der Waals surface area contributed by atoms with Crippen LogP contribution < -0.4 is 0 Å². The van der Waals surface area contributed by atoms with Crippen LogP contribution in [0.4, 0.5) is 0 Å². The first kappa shape index (κ1) is 13.7. The van der Waals surface area contributed by atoms with E-state index in [0.717, 1.165) is 31.2 Å². The van der Waals surface area contributed by atoms with E-state index in [2.05, 4.69) is 0 Å². The summed E-state index contributed by atoms with van der Waals surface area (Å²) in [6.45, 7) is 0. The van der Waals surface area contributed by atoms with Crippen LogP contribution >= 0.6 is 23.2 Å². The van der Waals surface area contributed by atoms with Crippen molar-refractivity contribution in [2.24, 2.45) is 5.92 Å². The number of carbonyl (C=O) groups is 1. The van der Waals surface area contributed by atoms with Gasteiger partial charge in [-0.05, 0) is 48.4 Å². The zero-order chi connectivity index (χ0) is 13.1. The third-order valence-corrected chi connectivity index (χ3v) is 4.28. The summed E-state index contributed by atoms with van der Waals surface area (Å²) in [5.41, 5.74) is 1.01. The summed E-state index contributed by atoms with van der Waals surface area (Å²) in [6.07, 6.45) is 4.40. The summed E-state index contributed by atoms with van der Waals surface area (Å²) >= 11 is 12.2. The van der Waals surface area contributed by atoms with Gasteiger partial charge in [-0.15, -0.1) is 0 Å². The molecule has 0 amide bonds. The van der Waals surface area contributed by atoms with E-state index >= 15 is 0 Å². The molecule has 2 nitrogen and oxygen atoms in total. The van der Waals surface area contributed by atoms with Gasteiger partial charge in [0.05, 0.1) is 0 Å². The van der Waals surface area contributed by atoms with Crippen molar-refractivity contribution in [3.8, 4) is 0 Å². The number of hydrogen-bond donors (Lipinski definition) is 1. The molecule has 2 rings (SSSR count). The van der Waals surface area contributed by atoms with E-state index in [1.54, 1.807) is 12.1 Å². The number of carboxylic acids is 1. The molecule has 1 aromatic rings. The summed E-state index contributed by atoms with van der Waals surface area (Å²) in [4.78, 5) is 10.9. The minimum Gasteiger partial charge on any atom is -0.481 e. The quantitative estimate of drug-likeness (QED) is 0.871. The molecule has 1 aliphatic carbocycles. The Morgan fingerprint density at radius 2 is 2.00 bits per heavy atom. The lowest BCUT2D eigenvalue weighted by molar-refractivity contribution is -0.138. The Morgan fingerprint density at radius 3 is 2.72 bits per heavy atom. The van der Waals surface area contributed by atoms with Crippen molar-refractivity contribution < 1.29 is 9.90 Å². The van der Waals surface area contributed by atoms with Gasteiger partial charge in [0.15, 0.2) is 0 Å². The van der Waals surface area contributed by atoms with Gasteiger partial charge in [0.1, 0.15) is 0 Å². The summed E-state index contributed by atoms with van der Waals surface area (Å²) < 4.78 is 0. The SMILES string of the molecule is O=C(O)CC1CCCCC1c1cc(Cl)ccc1Cl. The van der Waals surface area contributed by atoms with Gasteiger partial charge in [-0.2, -0.15) is 0 Å². The minimum atomic E-state index is -0.731. The fourth-order valence-electron chi connectivity index (χ4n) is 2.88. The van der Waals surface area contributed by atoms with Gasteiger partial charge in [-0.25, -0.2) is 0 Å². The molecule has 1 fully saturated rings. The first-order chi connectivity index (χ1) is 8.58. The second-order valence-corrected chi connectivity index (χ2v) is 5.76. The van der Waals surface area contributed by atoms with Crippen LogP contribution in [-0.2, 0) is 4.79 Å². The molecule has 2 atom stereocenters. The summed E-state index contributed by atoms with van der Waals surface area (Å²) in [7, 11) is 0. The van der Waals surface area contributed by atoms with Crippen molar-refractivity contribution in [1.82, 2.24) is 0 Å². The van der Waals surface area contributed by atoms with Crippen LogP contribution in [-0.4, -0.2) is 11.1 Å². The molecule has 18 heavy (non-hydrogen) atoms. The summed E-state index contributed by atoms with van der Waals surface area (Å²) in [5.74, 6) is -0.335. The lowest BCUT2D eigenvalue weighted by Gasteiger charge is -2.31. The number of carboxylic acid groups (broad SMARTS) is 1. The molecule has 2 unspecified atom stereocenters. The van der Waals surface area contributed by atoms with Crippen molar-refractivity contribution >= 4 is 29.2 Å². The van der Waals surface area contributed by atoms with Crippen LogP contribution in [0.15, 0.2) is 18.2 Å². The predicted octanol–water partition coefficient (Wildman–Crippen LogP) is 4.74. The van der Waals surface area contributed by atoms with E-state index in [-0.39, 0.29) is 18.3 Å². The van der Waals surface area contributed by atoms with Crippen molar-refractivity contribution in [1.29, 1.82) is 0 Å². The Morgan fingerprint density at radius 1 is 1.28 bits per heavy atom. The number of halogens is 2. The zero-order valence-electron chi connectivity index (χ0n) is 10.0. The fourth-order valence-corrected chi connectivity index (χ4v) is 3.32. The maximum atomic E-state index is 10.9. The monoisotopic (exact) mass is 286 g/mol. The van der Waals surface area contributed by atoms with Gasteiger partial charge >= 0.3 is 5.97 Å². The molecule has 0 aliphatic heterocycles. The molecule has 0 aromatic heterocycles. The van der Waals surface area contributed by atoms with Gasteiger partial charge in [0, 0.05) is 16.5 Å². The van der Waals surface area contributed by atoms with Crippen LogP contribution in [0.1, 0.15) is 43.6 Å². The molecule has 1 N–H and O–H groups in total. The molecule has 0 spiro atoms. The Kier molecular flexibility index (Phi) is 4.52. The maximum absolute atomic E-state index is 10.9. The van der Waals surface area contributed by atoms with E-state index in [1.165, 1.54) is 0 Å². The normalized spacial score (nSPS) is 23.9. The van der Waals surface area contributed by atoms with Crippen LogP contribution in [0.25, 0.3) is 0 Å². The first-order valence-electron chi connectivity index (χ1n) is 6.24. The van der Waals surface area contributed by atoms with Gasteiger partial charge in [0.2, 0.25) is 0 Å². The van der Waals surface area contributed by atoms with Gasteiger partial charge in [-0.3, -0.25) is 4.79 Å². The second-order valence-electron chi connectivity index (χ2n) is 4.91. The Balaban J connectivity index is 2.27. The molecule has 0 heterocycles. The number of benzene rings is 1. The van der Waals surface area contributed by atoms with Crippen molar-refractivity contribution in [3.05, 3.63) is 33.8 Å². The average molecular weight is 287 g/mol. The standard InChI is InChI=1S/C14H16Cl2O2/c15-10-5-6-13(16)12(8-10)11-4-2-1-3-9(11)7-14(17)18/h5-6,8-9,11H,1-4,7H2,(H,17,18). The van der Waals surface area contributed by atoms with Crippen molar-refractivity contribution in [3.63, 3.8) is 0 Å². The highest BCUT2D eigenvalue weighted by atomic mass is 35.5. The van der Waals surface area contributed by atoms with Crippen LogP contribution in [0.5, 0.6) is 0 Å².